The third kappa shape index (κ3) is 2.06. The number of nitrogens with one attached hydrogen (secondary N) is 1. The number of benzene rings is 1. The smallest absolute Gasteiger partial charge is 0.165 e. The van der Waals surface area contributed by atoms with Gasteiger partial charge in [0.05, 0.1) is 0 Å². The first-order valence-corrected chi connectivity index (χ1v) is 6.41. The summed E-state index contributed by atoms with van der Waals surface area (Å²) in [6.45, 7) is 5.41. The monoisotopic (exact) mass is 249 g/mol. The zero-order valence-corrected chi connectivity index (χ0v) is 10.8. The molecular weight excluding hydrogens is 230 g/mol. The molecule has 4 nitrogen and oxygen atoms in total. The summed E-state index contributed by atoms with van der Waals surface area (Å²) >= 11 is 0. The number of β-amino-alcohol motifs (C(OH)–C–C–N with tert-alkyl or cyclic N) is 1. The van der Waals surface area contributed by atoms with Gasteiger partial charge in [-0.2, -0.15) is 0 Å². The molecule has 4 heteroatoms. The number of ether oxygens (including phenoxy) is 2. The molecule has 2 N–H and O–H groups in total. The van der Waals surface area contributed by atoms with Gasteiger partial charge in [0.2, 0.25) is 0 Å². The minimum Gasteiger partial charge on any atom is -0.483 e. The zero-order valence-electron chi connectivity index (χ0n) is 10.8. The van der Waals surface area contributed by atoms with E-state index in [2.05, 4.69) is 25.2 Å². The van der Waals surface area contributed by atoms with E-state index in [9.17, 15) is 5.11 Å². The van der Waals surface area contributed by atoms with E-state index in [-0.39, 0.29) is 11.7 Å². The molecule has 98 valence electrons. The molecule has 18 heavy (non-hydrogen) atoms. The molecule has 2 atom stereocenters. The second-order valence-electron chi connectivity index (χ2n) is 5.66. The fraction of sp³-hybridized carbons (Fsp3) is 0.571. The molecule has 2 heterocycles. The fourth-order valence-electron chi connectivity index (χ4n) is 2.60. The van der Waals surface area contributed by atoms with E-state index in [1.807, 2.05) is 12.1 Å². The van der Waals surface area contributed by atoms with E-state index in [4.69, 9.17) is 9.47 Å². The van der Waals surface area contributed by atoms with Crippen LogP contribution in [0.2, 0.25) is 0 Å². The van der Waals surface area contributed by atoms with Gasteiger partial charge in [0.1, 0.15) is 17.8 Å². The quantitative estimate of drug-likeness (QED) is 0.824. The van der Waals surface area contributed by atoms with Crippen LogP contribution in [0.1, 0.15) is 19.4 Å². The average molecular weight is 249 g/mol. The molecule has 1 aromatic carbocycles. The second-order valence-corrected chi connectivity index (χ2v) is 5.66. The molecule has 0 amide bonds. The van der Waals surface area contributed by atoms with Crippen LogP contribution in [0.5, 0.6) is 11.5 Å². The Morgan fingerprint density at radius 1 is 1.39 bits per heavy atom. The van der Waals surface area contributed by atoms with Crippen LogP contribution in [0.3, 0.4) is 0 Å². The minimum atomic E-state index is -0.449. The first-order valence-electron chi connectivity index (χ1n) is 6.41. The van der Waals surface area contributed by atoms with E-state index in [0.29, 0.717) is 13.1 Å². The van der Waals surface area contributed by atoms with Gasteiger partial charge in [0, 0.05) is 25.1 Å². The van der Waals surface area contributed by atoms with Gasteiger partial charge in [0.25, 0.3) is 0 Å². The summed E-state index contributed by atoms with van der Waals surface area (Å²) in [6, 6.07) is 5.96. The molecular formula is C14H19NO3. The second kappa shape index (κ2) is 4.14. The summed E-state index contributed by atoms with van der Waals surface area (Å²) < 4.78 is 11.8. The molecule has 1 aromatic rings. The predicted octanol–water partition coefficient (Wildman–Crippen LogP) is 1.11. The molecule has 2 aliphatic heterocycles. The van der Waals surface area contributed by atoms with Gasteiger partial charge in [-0.05, 0) is 19.9 Å². The topological polar surface area (TPSA) is 50.7 Å². The minimum absolute atomic E-state index is 0.172. The number of aliphatic hydroxyl groups is 1. The normalized spacial score (nSPS) is 28.8. The maximum Gasteiger partial charge on any atom is 0.165 e. The van der Waals surface area contributed by atoms with Gasteiger partial charge in [0.15, 0.2) is 11.5 Å². The van der Waals surface area contributed by atoms with Crippen LogP contribution < -0.4 is 14.8 Å². The van der Waals surface area contributed by atoms with Gasteiger partial charge in [-0.15, -0.1) is 0 Å². The zero-order chi connectivity index (χ0) is 12.8. The van der Waals surface area contributed by atoms with E-state index in [0.717, 1.165) is 17.9 Å². The SMILES string of the molecule is CC1(C)Cc2cccc(OC3CNCC3O)c2O1. The van der Waals surface area contributed by atoms with Crippen molar-refractivity contribution in [1.82, 2.24) is 5.32 Å². The lowest BCUT2D eigenvalue weighted by Crippen LogP contribution is -2.30. The summed E-state index contributed by atoms with van der Waals surface area (Å²) in [6.07, 6.45) is 0.254. The van der Waals surface area contributed by atoms with E-state index >= 15 is 0 Å². The van der Waals surface area contributed by atoms with Crippen LogP contribution in [0, 0.1) is 0 Å². The molecule has 0 aromatic heterocycles. The predicted molar refractivity (Wildman–Crippen MR) is 68.1 cm³/mol. The first kappa shape index (κ1) is 11.8. The highest BCUT2D eigenvalue weighted by atomic mass is 16.5. The Balaban J connectivity index is 1.84. The Bertz CT molecular complexity index is 458. The van der Waals surface area contributed by atoms with Crippen molar-refractivity contribution in [3.05, 3.63) is 23.8 Å². The standard InChI is InChI=1S/C14H19NO3/c1-14(2)6-9-4-3-5-11(13(9)18-14)17-12-8-15-7-10(12)16/h3-5,10,12,15-16H,6-8H2,1-2H3. The number of aliphatic hydroxyl groups excluding tert-OH is 1. The largest absolute Gasteiger partial charge is 0.483 e. The maximum absolute atomic E-state index is 9.77. The molecule has 0 aliphatic carbocycles. The number of fused-ring (bicyclic) bond motifs is 1. The van der Waals surface area contributed by atoms with Gasteiger partial charge >= 0.3 is 0 Å². The van der Waals surface area contributed by atoms with Crippen molar-refractivity contribution in [2.45, 2.75) is 38.1 Å². The third-order valence-corrected chi connectivity index (χ3v) is 3.46. The van der Waals surface area contributed by atoms with Crippen LogP contribution >= 0.6 is 0 Å². The van der Waals surface area contributed by atoms with E-state index in [1.54, 1.807) is 0 Å². The number of hydrogen-bond acceptors (Lipinski definition) is 4. The highest BCUT2D eigenvalue weighted by molar-refractivity contribution is 5.50. The van der Waals surface area contributed by atoms with Crippen molar-refractivity contribution in [1.29, 1.82) is 0 Å². The molecule has 0 bridgehead atoms. The van der Waals surface area contributed by atoms with Crippen molar-refractivity contribution >= 4 is 0 Å². The lowest BCUT2D eigenvalue weighted by Gasteiger charge is -2.20. The summed E-state index contributed by atoms with van der Waals surface area (Å²) in [5.41, 5.74) is 1.01. The van der Waals surface area contributed by atoms with Crippen LogP contribution in [-0.2, 0) is 6.42 Å². The van der Waals surface area contributed by atoms with Gasteiger partial charge in [-0.3, -0.25) is 0 Å². The number of hydrogen-bond donors (Lipinski definition) is 2. The lowest BCUT2D eigenvalue weighted by atomic mass is 10.0. The Labute approximate surface area is 107 Å². The number of rotatable bonds is 2. The van der Waals surface area contributed by atoms with Crippen molar-refractivity contribution in [2.24, 2.45) is 0 Å². The average Bonchev–Trinajstić information content (AvgIpc) is 2.82. The highest BCUT2D eigenvalue weighted by Crippen LogP contribution is 2.42. The molecule has 2 unspecified atom stereocenters. The van der Waals surface area contributed by atoms with Gasteiger partial charge in [-0.1, -0.05) is 12.1 Å². The van der Waals surface area contributed by atoms with Gasteiger partial charge < -0.3 is 19.9 Å². The molecule has 1 fully saturated rings. The fourth-order valence-corrected chi connectivity index (χ4v) is 2.60. The van der Waals surface area contributed by atoms with Crippen LogP contribution in [-0.4, -0.2) is 36.0 Å². The Kier molecular flexibility index (Phi) is 2.72. The summed E-state index contributed by atoms with van der Waals surface area (Å²) in [5.74, 6) is 1.58. The van der Waals surface area contributed by atoms with Crippen LogP contribution in [0.25, 0.3) is 0 Å². The van der Waals surface area contributed by atoms with Crippen molar-refractivity contribution < 1.29 is 14.6 Å². The molecule has 1 saturated heterocycles. The lowest BCUT2D eigenvalue weighted by molar-refractivity contribution is 0.0672. The van der Waals surface area contributed by atoms with Crippen molar-refractivity contribution in [3.8, 4) is 11.5 Å². The van der Waals surface area contributed by atoms with Crippen LogP contribution in [0.15, 0.2) is 18.2 Å². The summed E-state index contributed by atoms with van der Waals surface area (Å²) in [4.78, 5) is 0. The number of para-hydroxylation sites is 1. The Morgan fingerprint density at radius 2 is 2.22 bits per heavy atom. The summed E-state index contributed by atoms with van der Waals surface area (Å²) in [7, 11) is 0. The van der Waals surface area contributed by atoms with Crippen molar-refractivity contribution in [2.75, 3.05) is 13.1 Å². The molecule has 3 rings (SSSR count). The Hall–Kier alpha value is -1.26. The van der Waals surface area contributed by atoms with Crippen LogP contribution in [0.4, 0.5) is 0 Å². The summed E-state index contributed by atoms with van der Waals surface area (Å²) in [5, 5.41) is 12.9. The Morgan fingerprint density at radius 3 is 2.94 bits per heavy atom. The van der Waals surface area contributed by atoms with E-state index < -0.39 is 6.10 Å². The maximum atomic E-state index is 9.77. The molecule has 2 aliphatic rings. The van der Waals surface area contributed by atoms with E-state index in [1.165, 1.54) is 5.56 Å². The molecule has 0 spiro atoms. The van der Waals surface area contributed by atoms with Crippen molar-refractivity contribution in [3.63, 3.8) is 0 Å². The van der Waals surface area contributed by atoms with Gasteiger partial charge in [-0.25, -0.2) is 0 Å². The first-order chi connectivity index (χ1) is 8.55. The third-order valence-electron chi connectivity index (χ3n) is 3.46. The molecule has 0 radical (unpaired) electrons. The highest BCUT2D eigenvalue weighted by Gasteiger charge is 2.34. The molecule has 0 saturated carbocycles.